The van der Waals surface area contributed by atoms with Crippen LogP contribution in [0, 0.1) is 3.57 Å². The second-order valence-electron chi connectivity index (χ2n) is 4.50. The van der Waals surface area contributed by atoms with Gasteiger partial charge in [0.15, 0.2) is 11.5 Å². The molecule has 0 unspecified atom stereocenters. The van der Waals surface area contributed by atoms with Crippen LogP contribution in [0.4, 0.5) is 0 Å². The maximum Gasteiger partial charge on any atom is 0.252 e. The van der Waals surface area contributed by atoms with Crippen molar-refractivity contribution in [2.45, 2.75) is 6.54 Å². The number of amides is 1. The maximum absolute atomic E-state index is 12.3. The minimum atomic E-state index is -0.166. The van der Waals surface area contributed by atoms with Crippen molar-refractivity contribution >= 4 is 40.1 Å². The molecular formula is C16H15ClINO3. The van der Waals surface area contributed by atoms with E-state index in [4.69, 9.17) is 21.1 Å². The van der Waals surface area contributed by atoms with Crippen molar-refractivity contribution in [3.63, 3.8) is 0 Å². The Morgan fingerprint density at radius 1 is 1.14 bits per heavy atom. The standard InChI is InChI=1S/C16H15ClINO3/c1-21-14-7-12(13(18)8-15(14)22-2)16(20)19-9-10-3-5-11(17)6-4-10/h3-8H,9H2,1-2H3,(H,19,20). The Hall–Kier alpha value is -1.47. The van der Waals surface area contributed by atoms with Gasteiger partial charge in [0, 0.05) is 15.1 Å². The summed E-state index contributed by atoms with van der Waals surface area (Å²) in [6.45, 7) is 0.431. The van der Waals surface area contributed by atoms with E-state index in [0.717, 1.165) is 9.13 Å². The number of nitrogens with one attached hydrogen (secondary N) is 1. The number of rotatable bonds is 5. The molecule has 1 N–H and O–H groups in total. The molecule has 0 heterocycles. The van der Waals surface area contributed by atoms with Crippen LogP contribution < -0.4 is 14.8 Å². The molecule has 0 aliphatic heterocycles. The zero-order chi connectivity index (χ0) is 16.1. The van der Waals surface area contributed by atoms with E-state index >= 15 is 0 Å². The molecule has 2 aromatic carbocycles. The number of benzene rings is 2. The summed E-state index contributed by atoms with van der Waals surface area (Å²) < 4.78 is 11.2. The number of halogens is 2. The van der Waals surface area contributed by atoms with Crippen molar-refractivity contribution in [3.05, 3.63) is 56.1 Å². The summed E-state index contributed by atoms with van der Waals surface area (Å²) in [5.41, 5.74) is 1.53. The van der Waals surface area contributed by atoms with Crippen molar-refractivity contribution < 1.29 is 14.3 Å². The minimum Gasteiger partial charge on any atom is -0.493 e. The average Bonchev–Trinajstić information content (AvgIpc) is 2.53. The van der Waals surface area contributed by atoms with E-state index in [0.29, 0.717) is 28.6 Å². The van der Waals surface area contributed by atoms with Crippen molar-refractivity contribution in [1.29, 1.82) is 0 Å². The molecule has 0 bridgehead atoms. The molecular weight excluding hydrogens is 417 g/mol. The second kappa shape index (κ2) is 7.69. The van der Waals surface area contributed by atoms with Gasteiger partial charge in [0.25, 0.3) is 5.91 Å². The lowest BCUT2D eigenvalue weighted by atomic mass is 10.1. The van der Waals surface area contributed by atoms with Gasteiger partial charge < -0.3 is 14.8 Å². The van der Waals surface area contributed by atoms with E-state index in [-0.39, 0.29) is 5.91 Å². The maximum atomic E-state index is 12.3. The quantitative estimate of drug-likeness (QED) is 0.731. The molecule has 0 saturated heterocycles. The molecule has 0 aliphatic carbocycles. The molecule has 2 rings (SSSR count). The lowest BCUT2D eigenvalue weighted by Crippen LogP contribution is -2.23. The summed E-state index contributed by atoms with van der Waals surface area (Å²) >= 11 is 7.94. The first kappa shape index (κ1) is 16.9. The van der Waals surface area contributed by atoms with Gasteiger partial charge in [0.2, 0.25) is 0 Å². The van der Waals surface area contributed by atoms with Crippen molar-refractivity contribution in [1.82, 2.24) is 5.32 Å². The highest BCUT2D eigenvalue weighted by Gasteiger charge is 2.15. The van der Waals surface area contributed by atoms with Gasteiger partial charge in [0.1, 0.15) is 0 Å². The summed E-state index contributed by atoms with van der Waals surface area (Å²) in [6.07, 6.45) is 0. The fourth-order valence-corrected chi connectivity index (χ4v) is 2.72. The lowest BCUT2D eigenvalue weighted by molar-refractivity contribution is 0.0949. The van der Waals surface area contributed by atoms with Crippen molar-refractivity contribution in [2.75, 3.05) is 14.2 Å². The number of carbonyl (C=O) groups excluding carboxylic acids is 1. The fourth-order valence-electron chi connectivity index (χ4n) is 1.91. The summed E-state index contributed by atoms with van der Waals surface area (Å²) in [6, 6.07) is 10.8. The largest absolute Gasteiger partial charge is 0.493 e. The van der Waals surface area contributed by atoms with Gasteiger partial charge >= 0.3 is 0 Å². The summed E-state index contributed by atoms with van der Waals surface area (Å²) in [4.78, 5) is 12.3. The van der Waals surface area contributed by atoms with Gasteiger partial charge in [-0.15, -0.1) is 0 Å². The molecule has 2 aromatic rings. The van der Waals surface area contributed by atoms with Gasteiger partial charge in [-0.2, -0.15) is 0 Å². The van der Waals surface area contributed by atoms with Crippen LogP contribution in [-0.2, 0) is 6.54 Å². The van der Waals surface area contributed by atoms with E-state index < -0.39 is 0 Å². The van der Waals surface area contributed by atoms with E-state index in [1.165, 1.54) is 0 Å². The average molecular weight is 432 g/mol. The first-order valence-corrected chi connectivity index (χ1v) is 7.95. The Kier molecular flexibility index (Phi) is 5.90. The molecule has 0 aliphatic rings. The summed E-state index contributed by atoms with van der Waals surface area (Å²) in [5, 5.41) is 3.55. The molecule has 116 valence electrons. The molecule has 0 atom stereocenters. The highest BCUT2D eigenvalue weighted by molar-refractivity contribution is 14.1. The SMILES string of the molecule is COc1cc(I)c(C(=O)NCc2ccc(Cl)cc2)cc1OC. The Labute approximate surface area is 147 Å². The zero-order valence-electron chi connectivity index (χ0n) is 12.2. The highest BCUT2D eigenvalue weighted by Crippen LogP contribution is 2.31. The van der Waals surface area contributed by atoms with Gasteiger partial charge in [-0.25, -0.2) is 0 Å². The number of ether oxygens (including phenoxy) is 2. The van der Waals surface area contributed by atoms with Gasteiger partial charge in [0.05, 0.1) is 19.8 Å². The van der Waals surface area contributed by atoms with E-state index in [1.54, 1.807) is 38.5 Å². The number of hydrogen-bond acceptors (Lipinski definition) is 3. The minimum absolute atomic E-state index is 0.166. The number of hydrogen-bond donors (Lipinski definition) is 1. The van der Waals surface area contributed by atoms with Gasteiger partial charge in [-0.3, -0.25) is 4.79 Å². The molecule has 0 radical (unpaired) electrons. The van der Waals surface area contributed by atoms with Crippen molar-refractivity contribution in [2.24, 2.45) is 0 Å². The van der Waals surface area contributed by atoms with E-state index in [2.05, 4.69) is 27.9 Å². The predicted molar refractivity (Wildman–Crippen MR) is 94.9 cm³/mol. The predicted octanol–water partition coefficient (Wildman–Crippen LogP) is 3.89. The van der Waals surface area contributed by atoms with E-state index in [1.807, 2.05) is 12.1 Å². The molecule has 0 saturated carbocycles. The Balaban J connectivity index is 2.13. The highest BCUT2D eigenvalue weighted by atomic mass is 127. The summed E-state index contributed by atoms with van der Waals surface area (Å²) in [7, 11) is 3.11. The fraction of sp³-hybridized carbons (Fsp3) is 0.188. The third kappa shape index (κ3) is 4.04. The van der Waals surface area contributed by atoms with Crippen LogP contribution in [0.25, 0.3) is 0 Å². The third-order valence-electron chi connectivity index (χ3n) is 3.08. The molecule has 1 amide bonds. The molecule has 0 spiro atoms. The van der Waals surface area contributed by atoms with Crippen LogP contribution >= 0.6 is 34.2 Å². The van der Waals surface area contributed by atoms with Crippen LogP contribution in [0.15, 0.2) is 36.4 Å². The third-order valence-corrected chi connectivity index (χ3v) is 4.23. The van der Waals surface area contributed by atoms with Crippen LogP contribution in [0.3, 0.4) is 0 Å². The molecule has 0 fully saturated rings. The zero-order valence-corrected chi connectivity index (χ0v) is 15.1. The smallest absolute Gasteiger partial charge is 0.252 e. The second-order valence-corrected chi connectivity index (χ2v) is 6.09. The van der Waals surface area contributed by atoms with Crippen molar-refractivity contribution in [3.8, 4) is 11.5 Å². The van der Waals surface area contributed by atoms with Crippen LogP contribution in [0.2, 0.25) is 5.02 Å². The van der Waals surface area contributed by atoms with Crippen LogP contribution in [-0.4, -0.2) is 20.1 Å². The first-order valence-electron chi connectivity index (χ1n) is 6.49. The molecule has 6 heteroatoms. The lowest BCUT2D eigenvalue weighted by Gasteiger charge is -2.12. The first-order chi connectivity index (χ1) is 10.5. The molecule has 0 aromatic heterocycles. The Morgan fingerprint density at radius 2 is 1.73 bits per heavy atom. The topological polar surface area (TPSA) is 47.6 Å². The number of methoxy groups -OCH3 is 2. The molecule has 4 nitrogen and oxygen atoms in total. The number of carbonyl (C=O) groups is 1. The van der Waals surface area contributed by atoms with Crippen LogP contribution in [0.1, 0.15) is 15.9 Å². The Bertz CT molecular complexity index is 674. The van der Waals surface area contributed by atoms with Gasteiger partial charge in [-0.05, 0) is 52.4 Å². The monoisotopic (exact) mass is 431 g/mol. The van der Waals surface area contributed by atoms with Crippen LogP contribution in [0.5, 0.6) is 11.5 Å². The van der Waals surface area contributed by atoms with E-state index in [9.17, 15) is 4.79 Å². The van der Waals surface area contributed by atoms with Gasteiger partial charge in [-0.1, -0.05) is 23.7 Å². The normalized spacial score (nSPS) is 10.2. The Morgan fingerprint density at radius 3 is 2.32 bits per heavy atom. The molecule has 22 heavy (non-hydrogen) atoms. The summed E-state index contributed by atoms with van der Waals surface area (Å²) in [5.74, 6) is 0.959.